The van der Waals surface area contributed by atoms with Crippen LogP contribution >= 0.6 is 12.2 Å². The molecule has 21 heavy (non-hydrogen) atoms. The fourth-order valence-electron chi connectivity index (χ4n) is 2.61. The molecule has 1 heterocycles. The van der Waals surface area contributed by atoms with Gasteiger partial charge in [0, 0.05) is 26.6 Å². The van der Waals surface area contributed by atoms with E-state index in [1.807, 2.05) is 24.3 Å². The van der Waals surface area contributed by atoms with Gasteiger partial charge in [0.15, 0.2) is 0 Å². The minimum atomic E-state index is 0.373. The normalized spacial score (nSPS) is 19.4. The van der Waals surface area contributed by atoms with Gasteiger partial charge in [-0.25, -0.2) is 0 Å². The molecule has 0 amide bonds. The molecule has 1 fully saturated rings. The van der Waals surface area contributed by atoms with Crippen LogP contribution < -0.4 is 10.5 Å². The van der Waals surface area contributed by atoms with E-state index in [9.17, 15) is 0 Å². The van der Waals surface area contributed by atoms with Crippen molar-refractivity contribution in [2.75, 3.05) is 33.4 Å². The largest absolute Gasteiger partial charge is 0.492 e. The molecule has 1 aliphatic rings. The first kappa shape index (κ1) is 16.2. The highest BCUT2D eigenvalue weighted by Gasteiger charge is 2.18. The number of rotatable bonds is 7. The predicted octanol–water partition coefficient (Wildman–Crippen LogP) is 2.00. The molecule has 1 atom stereocenters. The minimum absolute atomic E-state index is 0.373. The lowest BCUT2D eigenvalue weighted by Crippen LogP contribution is -2.41. The van der Waals surface area contributed by atoms with Crippen molar-refractivity contribution in [2.45, 2.75) is 25.4 Å². The van der Waals surface area contributed by atoms with E-state index in [1.165, 1.54) is 12.8 Å². The van der Waals surface area contributed by atoms with Gasteiger partial charge < -0.3 is 15.2 Å². The van der Waals surface area contributed by atoms with Gasteiger partial charge in [0.05, 0.1) is 11.1 Å². The number of benzene rings is 1. The van der Waals surface area contributed by atoms with E-state index >= 15 is 0 Å². The average molecular weight is 308 g/mol. The summed E-state index contributed by atoms with van der Waals surface area (Å²) >= 11 is 4.90. The maximum absolute atomic E-state index is 5.79. The van der Waals surface area contributed by atoms with Crippen molar-refractivity contribution in [3.8, 4) is 5.75 Å². The zero-order chi connectivity index (χ0) is 15.1. The molecule has 2 N–H and O–H groups in total. The maximum Gasteiger partial charge on any atom is 0.119 e. The second-order valence-electron chi connectivity index (χ2n) is 5.44. The van der Waals surface area contributed by atoms with Gasteiger partial charge in [0.2, 0.25) is 0 Å². The predicted molar refractivity (Wildman–Crippen MR) is 88.9 cm³/mol. The number of likely N-dealkylation sites (tertiary alicyclic amines) is 1. The van der Waals surface area contributed by atoms with Gasteiger partial charge in [-0.15, -0.1) is 0 Å². The van der Waals surface area contributed by atoms with E-state index < -0.39 is 0 Å². The first-order valence-electron chi connectivity index (χ1n) is 7.42. The molecule has 0 bridgehead atoms. The lowest BCUT2D eigenvalue weighted by Gasteiger charge is -2.31. The highest BCUT2D eigenvalue weighted by Crippen LogP contribution is 2.14. The summed E-state index contributed by atoms with van der Waals surface area (Å²) in [5.74, 6) is 0.891. The van der Waals surface area contributed by atoms with Crippen molar-refractivity contribution < 1.29 is 9.47 Å². The molecule has 0 aliphatic carbocycles. The van der Waals surface area contributed by atoms with Gasteiger partial charge in [-0.3, -0.25) is 4.90 Å². The second-order valence-corrected chi connectivity index (χ2v) is 5.96. The molecule has 5 heteroatoms. The van der Waals surface area contributed by atoms with Crippen LogP contribution in [0, 0.1) is 0 Å². The average Bonchev–Trinajstić information content (AvgIpc) is 2.49. The third-order valence-electron chi connectivity index (χ3n) is 3.77. The zero-order valence-electron chi connectivity index (χ0n) is 12.6. The van der Waals surface area contributed by atoms with Crippen LogP contribution in [0.2, 0.25) is 0 Å². The molecule has 4 nitrogen and oxygen atoms in total. The molecule has 1 aromatic rings. The third-order valence-corrected chi connectivity index (χ3v) is 3.92. The van der Waals surface area contributed by atoms with Crippen molar-refractivity contribution in [2.24, 2.45) is 5.73 Å². The van der Waals surface area contributed by atoms with Gasteiger partial charge in [0.1, 0.15) is 12.4 Å². The smallest absolute Gasteiger partial charge is 0.119 e. The molecular formula is C16H24N2O2S. The Labute approximate surface area is 132 Å². The van der Waals surface area contributed by atoms with Crippen LogP contribution in [0.3, 0.4) is 0 Å². The SMILES string of the molecule is COC1CCCN(CCOc2ccc(CC(N)=S)cc2)C1. The summed E-state index contributed by atoms with van der Waals surface area (Å²) < 4.78 is 11.2. The number of hydrogen-bond donors (Lipinski definition) is 1. The van der Waals surface area contributed by atoms with Gasteiger partial charge in [-0.05, 0) is 37.1 Å². The van der Waals surface area contributed by atoms with Gasteiger partial charge >= 0.3 is 0 Å². The Morgan fingerprint density at radius 2 is 2.14 bits per heavy atom. The van der Waals surface area contributed by atoms with Crippen LogP contribution in [0.5, 0.6) is 5.75 Å². The monoisotopic (exact) mass is 308 g/mol. The number of methoxy groups -OCH3 is 1. The Morgan fingerprint density at radius 1 is 1.38 bits per heavy atom. The van der Waals surface area contributed by atoms with Gasteiger partial charge in [-0.2, -0.15) is 0 Å². The van der Waals surface area contributed by atoms with Crippen molar-refractivity contribution in [1.82, 2.24) is 4.90 Å². The molecule has 0 aromatic heterocycles. The number of nitrogens with zero attached hydrogens (tertiary/aromatic N) is 1. The van der Waals surface area contributed by atoms with Crippen LogP contribution in [0.1, 0.15) is 18.4 Å². The van der Waals surface area contributed by atoms with Gasteiger partial charge in [-0.1, -0.05) is 24.4 Å². The molecule has 1 saturated heterocycles. The van der Waals surface area contributed by atoms with E-state index in [0.29, 0.717) is 24.1 Å². The van der Waals surface area contributed by atoms with Gasteiger partial charge in [0.25, 0.3) is 0 Å². The summed E-state index contributed by atoms with van der Waals surface area (Å²) in [4.78, 5) is 2.92. The maximum atomic E-state index is 5.79. The summed E-state index contributed by atoms with van der Waals surface area (Å²) in [6.45, 7) is 3.78. The number of piperidine rings is 1. The Balaban J connectivity index is 1.71. The highest BCUT2D eigenvalue weighted by molar-refractivity contribution is 7.80. The molecular weight excluding hydrogens is 284 g/mol. The zero-order valence-corrected chi connectivity index (χ0v) is 13.4. The Bertz CT molecular complexity index is 450. The van der Waals surface area contributed by atoms with Crippen LogP contribution in [-0.2, 0) is 11.2 Å². The summed E-state index contributed by atoms with van der Waals surface area (Å²) in [5, 5.41) is 0. The Hall–Kier alpha value is -1.17. The quantitative estimate of drug-likeness (QED) is 0.781. The van der Waals surface area contributed by atoms with E-state index in [-0.39, 0.29) is 0 Å². The second kappa shape index (κ2) is 8.32. The Kier molecular flexibility index (Phi) is 6.42. The summed E-state index contributed by atoms with van der Waals surface area (Å²) in [6.07, 6.45) is 3.38. The van der Waals surface area contributed by atoms with E-state index in [0.717, 1.165) is 30.9 Å². The fourth-order valence-corrected chi connectivity index (χ4v) is 2.77. The Morgan fingerprint density at radius 3 is 2.81 bits per heavy atom. The molecule has 1 unspecified atom stereocenters. The van der Waals surface area contributed by atoms with Crippen molar-refractivity contribution in [1.29, 1.82) is 0 Å². The van der Waals surface area contributed by atoms with Crippen molar-refractivity contribution in [3.63, 3.8) is 0 Å². The highest BCUT2D eigenvalue weighted by atomic mass is 32.1. The lowest BCUT2D eigenvalue weighted by molar-refractivity contribution is 0.0272. The van der Waals surface area contributed by atoms with Crippen LogP contribution in [0.15, 0.2) is 24.3 Å². The molecule has 0 spiro atoms. The molecule has 1 aliphatic heterocycles. The molecule has 1 aromatic carbocycles. The minimum Gasteiger partial charge on any atom is -0.492 e. The van der Waals surface area contributed by atoms with E-state index in [1.54, 1.807) is 7.11 Å². The first-order valence-corrected chi connectivity index (χ1v) is 7.83. The van der Waals surface area contributed by atoms with Crippen LogP contribution in [-0.4, -0.2) is 49.3 Å². The third kappa shape index (κ3) is 5.61. The molecule has 0 radical (unpaired) electrons. The van der Waals surface area contributed by atoms with E-state index in [4.69, 9.17) is 27.4 Å². The first-order chi connectivity index (χ1) is 10.2. The molecule has 2 rings (SSSR count). The molecule has 0 saturated carbocycles. The standard InChI is InChI=1S/C16H24N2O2S/c1-19-15-3-2-8-18(12-15)9-10-20-14-6-4-13(5-7-14)11-16(17)21/h4-7,15H,2-3,8-12H2,1H3,(H2,17,21). The number of ether oxygens (including phenoxy) is 2. The number of thiocarbonyl (C=S) groups is 1. The summed E-state index contributed by atoms with van der Waals surface area (Å²) in [5.41, 5.74) is 6.65. The van der Waals surface area contributed by atoms with Crippen molar-refractivity contribution >= 4 is 17.2 Å². The molecule has 116 valence electrons. The summed E-state index contributed by atoms with van der Waals surface area (Å²) in [7, 11) is 1.79. The lowest BCUT2D eigenvalue weighted by atomic mass is 10.1. The van der Waals surface area contributed by atoms with Crippen LogP contribution in [0.4, 0.5) is 0 Å². The van der Waals surface area contributed by atoms with Crippen molar-refractivity contribution in [3.05, 3.63) is 29.8 Å². The topological polar surface area (TPSA) is 47.7 Å². The summed E-state index contributed by atoms with van der Waals surface area (Å²) in [6, 6.07) is 7.97. The van der Waals surface area contributed by atoms with Crippen LogP contribution in [0.25, 0.3) is 0 Å². The fraction of sp³-hybridized carbons (Fsp3) is 0.562. The number of nitrogens with two attached hydrogens (primary N) is 1. The van der Waals surface area contributed by atoms with E-state index in [2.05, 4.69) is 4.90 Å². The number of hydrogen-bond acceptors (Lipinski definition) is 4.